The molecule has 0 saturated carbocycles. The van der Waals surface area contributed by atoms with Crippen molar-refractivity contribution in [2.24, 2.45) is 0 Å². The molecule has 0 unspecified atom stereocenters. The summed E-state index contributed by atoms with van der Waals surface area (Å²) in [5, 5.41) is 2.45. The van der Waals surface area contributed by atoms with Crippen molar-refractivity contribution in [2.75, 3.05) is 0 Å². The molecule has 0 saturated heterocycles. The molecule has 0 spiro atoms. The Bertz CT molecular complexity index is 5950. The Hall–Kier alpha value is -10.8. The number of halogens is 3. The van der Waals surface area contributed by atoms with Gasteiger partial charge in [-0.15, -0.1) is 71.3 Å². The maximum Gasteiger partial charge on any atom is 0.217 e. The summed E-state index contributed by atoms with van der Waals surface area (Å²) in [5.74, 6) is 3.45. The van der Waals surface area contributed by atoms with Crippen LogP contribution in [0.2, 0.25) is 0 Å². The van der Waals surface area contributed by atoms with Crippen LogP contribution in [0.15, 0.2) is 340 Å². The van der Waals surface area contributed by atoms with Crippen molar-refractivity contribution >= 4 is 50.1 Å². The quantitative estimate of drug-likeness (QED) is 0.0874. The number of hydrogen-bond acceptors (Lipinski definition) is 9. The topological polar surface area (TPSA) is 110 Å². The van der Waals surface area contributed by atoms with Crippen molar-refractivity contribution in [3.05, 3.63) is 381 Å². The van der Waals surface area contributed by atoms with Crippen molar-refractivity contribution in [1.29, 1.82) is 0 Å². The first-order valence-corrected chi connectivity index (χ1v) is 44.8. The van der Waals surface area contributed by atoms with Crippen molar-refractivity contribution in [2.45, 2.75) is 46.0 Å². The van der Waals surface area contributed by atoms with Crippen LogP contribution in [-0.4, -0.2) is 34.5 Å². The molecule has 0 amide bonds. The second-order valence-electron chi connectivity index (χ2n) is 26.3. The zero-order chi connectivity index (χ0) is 78.5. The third-order valence-corrected chi connectivity index (χ3v) is 19.7. The molecule has 0 radical (unpaired) electrons. The van der Waals surface area contributed by atoms with E-state index in [2.05, 4.69) is 264 Å². The third kappa shape index (κ3) is 18.6. The van der Waals surface area contributed by atoms with E-state index < -0.39 is 0 Å². The smallest absolute Gasteiger partial charge is 0.217 e. The van der Waals surface area contributed by atoms with E-state index in [-0.39, 0.29) is 5.41 Å². The summed E-state index contributed by atoms with van der Waals surface area (Å²) in [6, 6.07) is 113. The van der Waals surface area contributed by atoms with E-state index in [0.29, 0.717) is 34.9 Å². The zero-order valence-electron chi connectivity index (χ0n) is 61.7. The molecule has 0 bridgehead atoms. The fourth-order valence-electron chi connectivity index (χ4n) is 14.6. The van der Waals surface area contributed by atoms with Gasteiger partial charge in [-0.25, -0.2) is 15.0 Å². The number of pyridine rings is 6. The van der Waals surface area contributed by atoms with E-state index >= 15 is 0 Å². The fraction of sp³-hybridized carbons (Fsp3) is 0.0722. The summed E-state index contributed by atoms with van der Waals surface area (Å²) >= 11 is 4.83. The van der Waals surface area contributed by atoms with Gasteiger partial charge in [0.15, 0.2) is 0 Å². The van der Waals surface area contributed by atoms with Gasteiger partial charge in [-0.2, -0.15) is 0 Å². The predicted molar refractivity (Wildman–Crippen MR) is 448 cm³/mol. The largest absolute Gasteiger partial charge is 0.459 e. The molecule has 10 nitrogen and oxygen atoms in total. The van der Waals surface area contributed by atoms with Gasteiger partial charge in [0.25, 0.3) is 0 Å². The minimum atomic E-state index is 0.0678. The fourth-order valence-corrected chi connectivity index (χ4v) is 14.6. The number of hydrogen-bond donors (Lipinski definition) is 0. The first-order valence-electron chi connectivity index (χ1n) is 36.3. The first kappa shape index (κ1) is 80.3. The van der Waals surface area contributed by atoms with Gasteiger partial charge in [-0.05, 0) is 176 Å². The number of ether oxygens (including phenoxy) is 3. The average Bonchev–Trinajstić information content (AvgIpc) is 1.56. The van der Waals surface area contributed by atoms with Gasteiger partial charge in [-0.1, -0.05) is 208 Å². The van der Waals surface area contributed by atoms with Crippen molar-refractivity contribution in [1.82, 2.24) is 34.5 Å². The van der Waals surface area contributed by atoms with Crippen molar-refractivity contribution < 1.29 is 70.5 Å². The number of fused-ring (bicyclic) bond motifs is 6. The Labute approximate surface area is 705 Å². The van der Waals surface area contributed by atoms with E-state index in [9.17, 15) is 0 Å². The summed E-state index contributed by atoms with van der Waals surface area (Å²) < 4.78 is 19.8. The second-order valence-corrected chi connectivity index (χ2v) is 26.3. The minimum absolute atomic E-state index is 0.0678. The number of para-hydroxylation sites is 2. The number of aromatic nitrogens is 7. The minimum Gasteiger partial charge on any atom is -0.459 e. The molecule has 0 fully saturated rings. The Kier molecular flexibility index (Phi) is 27.8. The van der Waals surface area contributed by atoms with Crippen molar-refractivity contribution in [3.63, 3.8) is 0 Å². The van der Waals surface area contributed by atoms with Crippen LogP contribution >= 0.6 is 28.3 Å². The van der Waals surface area contributed by atoms with Crippen LogP contribution in [0.4, 0.5) is 0 Å². The zero-order valence-corrected chi connectivity index (χ0v) is 70.8. The summed E-state index contributed by atoms with van der Waals surface area (Å²) in [5.41, 5.74) is 26.2. The SMILES string of the molecule is CCC1(CC)c2ccccc2-c2ccc(-c3ccc(-c4[c-]c(Oc5ccccn5)ccc4)nc3)cc21.Cc1cc(-c2ccccc2)cc(C)c1-c1ccc(-c2[c-]c(Oc3ccccn3)ccc2)nc1.[Cl][Pt+].[Cl][Pt+].[Cl][Pt+].[c-]1c(Oc2ccccn2)cccc1-c1ccc(-c2ccc3c(c2)c2ccccc2n3-c2ccccc2)cn1. The Balaban J connectivity index is 0.000000144. The van der Waals surface area contributed by atoms with Crippen LogP contribution in [0.5, 0.6) is 34.9 Å². The summed E-state index contributed by atoms with van der Waals surface area (Å²) in [7, 11) is 13.8. The average molecular weight is 2080 g/mol. The van der Waals surface area contributed by atoms with Gasteiger partial charge in [0.05, 0.1) is 11.0 Å². The summed E-state index contributed by atoms with van der Waals surface area (Å²) in [6.45, 7) is 8.94. The first-order chi connectivity index (χ1) is 55.7. The van der Waals surface area contributed by atoms with Gasteiger partial charge in [-0.3, -0.25) is 0 Å². The molecule has 1 aliphatic rings. The van der Waals surface area contributed by atoms with E-state index in [0.717, 1.165) is 74.6 Å². The third-order valence-electron chi connectivity index (χ3n) is 19.7. The molecule has 564 valence electrons. The van der Waals surface area contributed by atoms with E-state index in [4.69, 9.17) is 29.2 Å². The van der Waals surface area contributed by atoms with Crippen LogP contribution in [0.3, 0.4) is 0 Å². The van der Waals surface area contributed by atoms with Crippen LogP contribution in [0.25, 0.3) is 117 Å². The molecule has 0 aliphatic heterocycles. The van der Waals surface area contributed by atoms with Crippen molar-refractivity contribution in [3.8, 4) is 130 Å². The van der Waals surface area contributed by atoms with Gasteiger partial charge in [0.1, 0.15) is 0 Å². The standard InChI is InChI=1S/C34H22N3O.C33H27N2O.C30H23N2O.3ClH.3Pt/c1-2-10-27(11-3-1)37-32-14-5-4-13-29(32)30-22-24(17-19-33(30)37)26-16-18-31(36-23-26)25-9-8-12-28(21-25)38-34-15-6-7-20-35-34;1-3-33(4-2)29-13-6-5-12-27(29)28-17-15-23(21-30(28)33)25-16-18-31(35-22-25)24-10-9-11-26(20-24)36-32-14-7-8-19-34-32;1-21-17-26(23-9-4-3-5-10-23)18-22(2)30(21)25-14-15-28(32-20-25)24-11-8-12-27(19-24)33-29-13-6-7-16-31-29;;;;;;/h1-20,22-23H;5-19,21-22H,3-4H2,1-2H3;3-18,20H,1-2H3;3*1H;;;/q3*-1;;;;3*+2/p-3. The summed E-state index contributed by atoms with van der Waals surface area (Å²) in [6.07, 6.45) is 13.1. The van der Waals surface area contributed by atoms with E-state index in [1.807, 2.05) is 152 Å². The molecule has 16 heteroatoms. The maximum atomic E-state index is 5.85. The molecule has 7 heterocycles. The number of nitrogens with zero attached hydrogens (tertiary/aromatic N) is 7. The normalized spacial score (nSPS) is 11.3. The van der Waals surface area contributed by atoms with Crippen LogP contribution in [0, 0.1) is 32.0 Å². The van der Waals surface area contributed by atoms with E-state index in [1.54, 1.807) is 74.9 Å². The van der Waals surface area contributed by atoms with Crippen LogP contribution < -0.4 is 14.2 Å². The predicted octanol–water partition coefficient (Wildman–Crippen LogP) is 26.7. The molecule has 10 aromatic carbocycles. The number of rotatable bonds is 16. The molecule has 17 aromatic rings. The van der Waals surface area contributed by atoms with E-state index in [1.165, 1.54) is 77.4 Å². The summed E-state index contributed by atoms with van der Waals surface area (Å²) in [4.78, 5) is 26.9. The molecule has 7 aromatic heterocycles. The molecule has 18 rings (SSSR count). The second kappa shape index (κ2) is 39.1. The van der Waals surface area contributed by atoms with Crippen LogP contribution in [0.1, 0.15) is 48.9 Å². The molecule has 1 aliphatic carbocycles. The molecule has 0 atom stereocenters. The van der Waals surface area contributed by atoms with Gasteiger partial charge in [0.2, 0.25) is 17.6 Å². The Morgan fingerprint density at radius 2 is 0.743 bits per heavy atom. The maximum absolute atomic E-state index is 5.85. The molecular formula is C97H72Cl3N7O3Pt3. The number of aryl methyl sites for hydroxylation is 2. The monoisotopic (exact) mass is 2070 g/mol. The molecule has 113 heavy (non-hydrogen) atoms. The van der Waals surface area contributed by atoms with Gasteiger partial charge in [0, 0.05) is 94.5 Å². The molecular weight excluding hydrogens is 2000 g/mol. The van der Waals surface area contributed by atoms with Gasteiger partial charge < -0.3 is 33.7 Å². The van der Waals surface area contributed by atoms with Crippen LogP contribution in [-0.2, 0) is 61.7 Å². The Morgan fingerprint density at radius 3 is 1.22 bits per heavy atom. The number of benzene rings is 10. The molecule has 0 N–H and O–H groups in total. The Morgan fingerprint density at radius 1 is 0.327 bits per heavy atom. The van der Waals surface area contributed by atoms with Gasteiger partial charge >= 0.3 is 84.6 Å².